The number of guanidine groups is 1. The third kappa shape index (κ3) is 6.59. The minimum absolute atomic E-state index is 0. The predicted octanol–water partition coefficient (Wildman–Crippen LogP) is 3.23. The molecule has 1 N–H and O–H groups in total. The van der Waals surface area contributed by atoms with Crippen molar-refractivity contribution in [2.24, 2.45) is 4.99 Å². The molecule has 164 valence electrons. The van der Waals surface area contributed by atoms with Gasteiger partial charge in [0, 0.05) is 31.9 Å². The number of likely N-dealkylation sites (tertiary alicyclic amines) is 2. The van der Waals surface area contributed by atoms with Crippen LogP contribution in [0.4, 0.5) is 13.2 Å². The van der Waals surface area contributed by atoms with E-state index >= 15 is 0 Å². The lowest BCUT2D eigenvalue weighted by atomic mass is 10.2. The molecule has 1 atom stereocenters. The summed E-state index contributed by atoms with van der Waals surface area (Å²) in [6, 6.07) is 2.78. The number of aromatic nitrogens is 1. The zero-order valence-corrected chi connectivity index (χ0v) is 19.0. The van der Waals surface area contributed by atoms with Gasteiger partial charge in [-0.25, -0.2) is 9.98 Å². The number of hydrogen-bond acceptors (Lipinski definition) is 4. The van der Waals surface area contributed by atoms with Crippen molar-refractivity contribution in [1.29, 1.82) is 0 Å². The minimum Gasteiger partial charge on any atom is -0.475 e. The second-order valence-electron chi connectivity index (χ2n) is 7.07. The van der Waals surface area contributed by atoms with Gasteiger partial charge in [0.15, 0.2) is 5.96 Å². The summed E-state index contributed by atoms with van der Waals surface area (Å²) >= 11 is 0. The molecule has 2 aliphatic rings. The second-order valence-corrected chi connectivity index (χ2v) is 7.07. The number of alkyl halides is 3. The average Bonchev–Trinajstić information content (AvgIpc) is 3.35. The van der Waals surface area contributed by atoms with Crippen molar-refractivity contribution in [2.75, 3.05) is 45.9 Å². The Morgan fingerprint density at radius 2 is 2.07 bits per heavy atom. The molecule has 2 fully saturated rings. The summed E-state index contributed by atoms with van der Waals surface area (Å²) in [5.41, 5.74) is -0.862. The molecule has 3 heterocycles. The normalized spacial score (nSPS) is 20.6. The van der Waals surface area contributed by atoms with Crippen LogP contribution in [-0.4, -0.2) is 72.7 Å². The number of rotatable bonds is 6. The molecule has 0 saturated carbocycles. The SMILES string of the molecule is CCNC(=NCCOc1ncccc1C(F)(F)F)N1CCC(N2CCCC2)C1.I. The number of nitrogens with zero attached hydrogens (tertiary/aromatic N) is 4. The summed E-state index contributed by atoms with van der Waals surface area (Å²) in [6.07, 6.45) is 0.469. The zero-order valence-electron chi connectivity index (χ0n) is 16.6. The number of aliphatic imine (C=N–C) groups is 1. The van der Waals surface area contributed by atoms with Crippen LogP contribution in [0, 0.1) is 0 Å². The molecule has 6 nitrogen and oxygen atoms in total. The van der Waals surface area contributed by atoms with E-state index in [1.165, 1.54) is 38.2 Å². The summed E-state index contributed by atoms with van der Waals surface area (Å²) < 4.78 is 44.2. The summed E-state index contributed by atoms with van der Waals surface area (Å²) in [5, 5.41) is 3.28. The van der Waals surface area contributed by atoms with Gasteiger partial charge in [-0.15, -0.1) is 24.0 Å². The fourth-order valence-electron chi connectivity index (χ4n) is 3.78. The molecule has 29 heavy (non-hydrogen) atoms. The molecular formula is C19H29F3IN5O. The fourth-order valence-corrected chi connectivity index (χ4v) is 3.78. The van der Waals surface area contributed by atoms with Gasteiger partial charge in [-0.05, 0) is 51.4 Å². The molecule has 1 unspecified atom stereocenters. The largest absolute Gasteiger partial charge is 0.475 e. The van der Waals surface area contributed by atoms with Crippen molar-refractivity contribution >= 4 is 29.9 Å². The third-order valence-electron chi connectivity index (χ3n) is 5.12. The van der Waals surface area contributed by atoms with E-state index in [-0.39, 0.29) is 37.1 Å². The highest BCUT2D eigenvalue weighted by molar-refractivity contribution is 14.0. The van der Waals surface area contributed by atoms with Crippen LogP contribution in [-0.2, 0) is 6.18 Å². The summed E-state index contributed by atoms with van der Waals surface area (Å²) in [4.78, 5) is 13.0. The smallest absolute Gasteiger partial charge is 0.421 e. The summed E-state index contributed by atoms with van der Waals surface area (Å²) in [7, 11) is 0. The van der Waals surface area contributed by atoms with Crippen LogP contribution < -0.4 is 10.1 Å². The molecule has 0 amide bonds. The summed E-state index contributed by atoms with van der Waals surface area (Å²) in [5.74, 6) is 0.398. The fraction of sp³-hybridized carbons (Fsp3) is 0.684. The maximum absolute atomic E-state index is 13.0. The standard InChI is InChI=1S/C19H28F3N5O.HI/c1-2-23-18(27-12-7-15(14-27)26-10-3-4-11-26)25-9-13-28-17-16(19(20,21)22)6-5-8-24-17;/h5-6,8,15H,2-4,7,9-14H2,1H3,(H,23,25);1H. The molecule has 10 heteroatoms. The molecule has 1 aromatic heterocycles. The van der Waals surface area contributed by atoms with Gasteiger partial charge in [-0.3, -0.25) is 4.90 Å². The topological polar surface area (TPSA) is 53.0 Å². The van der Waals surface area contributed by atoms with Gasteiger partial charge < -0.3 is 15.0 Å². The van der Waals surface area contributed by atoms with Gasteiger partial charge in [0.1, 0.15) is 12.2 Å². The molecule has 0 bridgehead atoms. The van der Waals surface area contributed by atoms with Crippen molar-refractivity contribution in [3.63, 3.8) is 0 Å². The number of ether oxygens (including phenoxy) is 1. The van der Waals surface area contributed by atoms with E-state index in [1.54, 1.807) is 0 Å². The zero-order chi connectivity index (χ0) is 20.0. The first-order chi connectivity index (χ1) is 13.5. The van der Waals surface area contributed by atoms with Crippen LogP contribution >= 0.6 is 24.0 Å². The Hall–Kier alpha value is -1.30. The highest BCUT2D eigenvalue weighted by atomic mass is 127. The Balaban J connectivity index is 0.00000300. The lowest BCUT2D eigenvalue weighted by Gasteiger charge is -2.25. The molecule has 0 radical (unpaired) electrons. The van der Waals surface area contributed by atoms with Crippen LogP contribution in [0.25, 0.3) is 0 Å². The molecule has 0 aliphatic carbocycles. The summed E-state index contributed by atoms with van der Waals surface area (Å²) in [6.45, 7) is 7.26. The number of halogens is 4. The van der Waals surface area contributed by atoms with E-state index in [2.05, 4.69) is 25.1 Å². The molecule has 2 aliphatic heterocycles. The molecule has 3 rings (SSSR count). The van der Waals surface area contributed by atoms with Gasteiger partial charge in [0.25, 0.3) is 0 Å². The van der Waals surface area contributed by atoms with Crippen molar-refractivity contribution < 1.29 is 17.9 Å². The number of nitrogens with one attached hydrogen (secondary N) is 1. The molecule has 0 spiro atoms. The number of pyridine rings is 1. The highest BCUT2D eigenvalue weighted by Gasteiger charge is 2.35. The Labute approximate surface area is 186 Å². The van der Waals surface area contributed by atoms with Crippen LogP contribution in [0.2, 0.25) is 0 Å². The van der Waals surface area contributed by atoms with Crippen molar-refractivity contribution in [1.82, 2.24) is 20.1 Å². The second kappa shape index (κ2) is 11.2. The molecule has 2 saturated heterocycles. The monoisotopic (exact) mass is 527 g/mol. The first-order valence-electron chi connectivity index (χ1n) is 9.91. The Morgan fingerprint density at radius 1 is 1.31 bits per heavy atom. The van der Waals surface area contributed by atoms with Crippen LogP contribution in [0.15, 0.2) is 23.3 Å². The Kier molecular flexibility index (Phi) is 9.25. The minimum atomic E-state index is -4.48. The first-order valence-corrected chi connectivity index (χ1v) is 9.91. The van der Waals surface area contributed by atoms with Crippen molar-refractivity contribution in [3.8, 4) is 5.88 Å². The van der Waals surface area contributed by atoms with Gasteiger partial charge in [0.2, 0.25) is 5.88 Å². The highest BCUT2D eigenvalue weighted by Crippen LogP contribution is 2.34. The lowest BCUT2D eigenvalue weighted by Crippen LogP contribution is -2.43. The van der Waals surface area contributed by atoms with Crippen LogP contribution in [0.5, 0.6) is 5.88 Å². The quantitative estimate of drug-likeness (QED) is 0.267. The third-order valence-corrected chi connectivity index (χ3v) is 5.12. The lowest BCUT2D eigenvalue weighted by molar-refractivity contribution is -0.139. The van der Waals surface area contributed by atoms with Gasteiger partial charge in [-0.1, -0.05) is 0 Å². The van der Waals surface area contributed by atoms with E-state index in [0.717, 1.165) is 38.1 Å². The van der Waals surface area contributed by atoms with E-state index in [4.69, 9.17) is 4.74 Å². The van der Waals surface area contributed by atoms with Crippen molar-refractivity contribution in [3.05, 3.63) is 23.9 Å². The Morgan fingerprint density at radius 3 is 2.76 bits per heavy atom. The van der Waals surface area contributed by atoms with Gasteiger partial charge in [-0.2, -0.15) is 13.2 Å². The van der Waals surface area contributed by atoms with Gasteiger partial charge in [0.05, 0.1) is 6.54 Å². The van der Waals surface area contributed by atoms with E-state index < -0.39 is 17.6 Å². The predicted molar refractivity (Wildman–Crippen MR) is 117 cm³/mol. The average molecular weight is 527 g/mol. The van der Waals surface area contributed by atoms with E-state index in [1.807, 2.05) is 6.92 Å². The number of hydrogen-bond donors (Lipinski definition) is 1. The van der Waals surface area contributed by atoms with Crippen LogP contribution in [0.3, 0.4) is 0 Å². The molecule has 0 aromatic carbocycles. The van der Waals surface area contributed by atoms with Crippen molar-refractivity contribution in [2.45, 2.75) is 38.4 Å². The van der Waals surface area contributed by atoms with E-state index in [0.29, 0.717) is 6.04 Å². The van der Waals surface area contributed by atoms with Gasteiger partial charge >= 0.3 is 6.18 Å². The molecular weight excluding hydrogens is 498 g/mol. The molecule has 1 aromatic rings. The maximum atomic E-state index is 13.0. The van der Waals surface area contributed by atoms with E-state index in [9.17, 15) is 13.2 Å². The van der Waals surface area contributed by atoms with Crippen LogP contribution in [0.1, 0.15) is 31.7 Å². The Bertz CT molecular complexity index is 667. The maximum Gasteiger partial charge on any atom is 0.421 e. The first kappa shape index (κ1) is 24.0.